The van der Waals surface area contributed by atoms with Crippen molar-refractivity contribution in [3.8, 4) is 28.7 Å². The third-order valence-electron chi connectivity index (χ3n) is 10.6. The van der Waals surface area contributed by atoms with Gasteiger partial charge in [0, 0.05) is 46.4 Å². The van der Waals surface area contributed by atoms with Gasteiger partial charge in [-0.15, -0.1) is 0 Å². The summed E-state index contributed by atoms with van der Waals surface area (Å²) in [5.74, 6) is -1.94. The molecule has 0 bridgehead atoms. The number of carbonyl (C=O) groups is 4. The van der Waals surface area contributed by atoms with Gasteiger partial charge in [0.05, 0.1) is 5.69 Å². The highest BCUT2D eigenvalue weighted by Gasteiger charge is 2.72. The van der Waals surface area contributed by atoms with Gasteiger partial charge in [-0.05, 0) is 139 Å². The molecule has 346 valence electrons. The molecule has 11 nitrogen and oxygen atoms in total. The molecule has 0 saturated carbocycles. The summed E-state index contributed by atoms with van der Waals surface area (Å²) in [6.45, 7) is 1.36. The van der Waals surface area contributed by atoms with Crippen LogP contribution in [0.5, 0.6) is 28.7 Å². The second-order valence-corrected chi connectivity index (χ2v) is 15.1. The van der Waals surface area contributed by atoms with Crippen molar-refractivity contribution in [2.45, 2.75) is 24.7 Å². The van der Waals surface area contributed by atoms with E-state index in [0.29, 0.717) is 23.4 Å². The Balaban J connectivity index is 0.990. The maximum absolute atomic E-state index is 14.8. The molecule has 0 aliphatic heterocycles. The molecule has 0 unspecified atom stereocenters. The first-order valence-electron chi connectivity index (χ1n) is 20.4. The fourth-order valence-electron chi connectivity index (χ4n) is 7.09. The Hall–Kier alpha value is -8.60. The number of hydrogen-bond donors (Lipinski definition) is 5. The van der Waals surface area contributed by atoms with E-state index >= 15 is 0 Å². The molecule has 68 heavy (non-hydrogen) atoms. The van der Waals surface area contributed by atoms with Crippen molar-refractivity contribution in [1.82, 2.24) is 0 Å². The Bertz CT molecular complexity index is 2960. The first-order valence-corrected chi connectivity index (χ1v) is 20.4. The lowest BCUT2D eigenvalue weighted by Gasteiger charge is -2.38. The number of nitrogens with one attached hydrogen (secondary N) is 4. The smallest absolute Gasteiger partial charge is 0.411 e. The molecule has 7 rings (SSSR count). The number of aromatic hydroxyl groups is 1. The molecule has 0 radical (unpaired) electrons. The number of rotatable bonds is 14. The lowest BCUT2D eigenvalue weighted by Crippen LogP contribution is -2.54. The second-order valence-electron chi connectivity index (χ2n) is 15.1. The molecule has 3 amide bonds. The Kier molecular flexibility index (Phi) is 13.6. The van der Waals surface area contributed by atoms with Gasteiger partial charge in [-0.3, -0.25) is 19.2 Å². The van der Waals surface area contributed by atoms with Crippen LogP contribution in [0.15, 0.2) is 164 Å². The summed E-state index contributed by atoms with van der Waals surface area (Å²) in [7, 11) is 1.70. The minimum Gasteiger partial charge on any atom is -0.506 e. The van der Waals surface area contributed by atoms with E-state index in [1.54, 1.807) is 43.4 Å². The summed E-state index contributed by atoms with van der Waals surface area (Å²) in [6, 6.07) is 34.9. The molecule has 7 aromatic carbocycles. The van der Waals surface area contributed by atoms with Crippen LogP contribution in [-0.4, -0.2) is 48.0 Å². The predicted octanol–water partition coefficient (Wildman–Crippen LogP) is 12.4. The van der Waals surface area contributed by atoms with E-state index in [9.17, 15) is 50.6 Å². The van der Waals surface area contributed by atoms with Crippen LogP contribution in [0.2, 0.25) is 0 Å². The number of carbonyl (C=O) groups excluding carboxylic acids is 4. The van der Waals surface area contributed by atoms with Crippen LogP contribution in [0.1, 0.15) is 59.5 Å². The van der Waals surface area contributed by atoms with Crippen LogP contribution in [-0.2, 0) is 5.41 Å². The van der Waals surface area contributed by atoms with Gasteiger partial charge in [0.15, 0.2) is 5.78 Å². The summed E-state index contributed by atoms with van der Waals surface area (Å²) in [6.07, 6.45) is -11.6. The average Bonchev–Trinajstić information content (AvgIpc) is 3.31. The first kappa shape index (κ1) is 47.4. The van der Waals surface area contributed by atoms with E-state index in [-0.39, 0.29) is 62.5 Å². The summed E-state index contributed by atoms with van der Waals surface area (Å²) in [5, 5.41) is 21.2. The van der Waals surface area contributed by atoms with Crippen LogP contribution < -0.4 is 30.7 Å². The number of benzene rings is 7. The van der Waals surface area contributed by atoms with Gasteiger partial charge < -0.3 is 35.8 Å². The van der Waals surface area contributed by atoms with Crippen molar-refractivity contribution in [3.63, 3.8) is 0 Å². The van der Waals surface area contributed by atoms with Gasteiger partial charge in [-0.1, -0.05) is 42.5 Å². The molecule has 0 aliphatic carbocycles. The zero-order valence-corrected chi connectivity index (χ0v) is 35.8. The van der Waals surface area contributed by atoms with Crippen LogP contribution in [0.25, 0.3) is 0 Å². The van der Waals surface area contributed by atoms with Crippen molar-refractivity contribution in [3.05, 3.63) is 197 Å². The van der Waals surface area contributed by atoms with Crippen molar-refractivity contribution >= 4 is 46.3 Å². The van der Waals surface area contributed by atoms with Gasteiger partial charge in [-0.2, -0.15) is 26.3 Å². The SMILES string of the molecule is CNc1ccc(Oc2ccc(C(c3ccc(Oc4ccc(NC(=O)c5cccc(C(=O)Nc6ccc(O)c(NC(=O)c7cccc(C(C)=O)c7)c6)c5)cc4)cc3)(C(F)(F)F)C(F)(F)F)cc2)cc1. The Morgan fingerprint density at radius 2 is 0.824 bits per heavy atom. The van der Waals surface area contributed by atoms with E-state index in [2.05, 4.69) is 21.3 Å². The Labute approximate surface area is 384 Å². The fourth-order valence-corrected chi connectivity index (χ4v) is 7.09. The van der Waals surface area contributed by atoms with E-state index in [4.69, 9.17) is 9.47 Å². The molecule has 0 aliphatic rings. The van der Waals surface area contributed by atoms with Crippen molar-refractivity contribution < 1.29 is 60.1 Å². The summed E-state index contributed by atoms with van der Waals surface area (Å²) in [4.78, 5) is 51.1. The number of phenols is 1. The largest absolute Gasteiger partial charge is 0.506 e. The molecule has 7 aromatic rings. The van der Waals surface area contributed by atoms with Crippen LogP contribution in [0, 0.1) is 0 Å². The van der Waals surface area contributed by atoms with Gasteiger partial charge in [-0.25, -0.2) is 0 Å². The summed E-state index contributed by atoms with van der Waals surface area (Å²) < 4.78 is 100. The van der Waals surface area contributed by atoms with Gasteiger partial charge >= 0.3 is 12.4 Å². The number of ether oxygens (including phenoxy) is 2. The average molecular weight is 933 g/mol. The lowest BCUT2D eigenvalue weighted by molar-refractivity contribution is -0.288. The monoisotopic (exact) mass is 932 g/mol. The van der Waals surface area contributed by atoms with Crippen LogP contribution in [0.4, 0.5) is 49.1 Å². The zero-order valence-electron chi connectivity index (χ0n) is 35.8. The van der Waals surface area contributed by atoms with Crippen molar-refractivity contribution in [2.24, 2.45) is 0 Å². The van der Waals surface area contributed by atoms with Gasteiger partial charge in [0.1, 0.15) is 28.7 Å². The minimum atomic E-state index is -5.82. The molecule has 5 N–H and O–H groups in total. The topological polar surface area (TPSA) is 155 Å². The number of anilines is 4. The van der Waals surface area contributed by atoms with Crippen LogP contribution in [0.3, 0.4) is 0 Å². The number of phenolic OH excluding ortho intramolecular Hbond substituents is 1. The normalized spacial score (nSPS) is 11.5. The molecule has 0 heterocycles. The molecule has 0 fully saturated rings. The minimum absolute atomic E-state index is 0.0191. The van der Waals surface area contributed by atoms with E-state index in [0.717, 1.165) is 42.1 Å². The molecular formula is C51H38F6N4O7. The van der Waals surface area contributed by atoms with Crippen molar-refractivity contribution in [2.75, 3.05) is 28.3 Å². The molecule has 0 aromatic heterocycles. The lowest BCUT2D eigenvalue weighted by atomic mass is 9.73. The summed E-state index contributed by atoms with van der Waals surface area (Å²) in [5.41, 5.74) is -4.66. The van der Waals surface area contributed by atoms with Gasteiger partial charge in [0.2, 0.25) is 5.41 Å². The Morgan fingerprint density at radius 1 is 0.456 bits per heavy atom. The first-order chi connectivity index (χ1) is 32.3. The predicted molar refractivity (Wildman–Crippen MR) is 243 cm³/mol. The molecule has 17 heteroatoms. The maximum atomic E-state index is 14.8. The number of hydrogen-bond acceptors (Lipinski definition) is 8. The van der Waals surface area contributed by atoms with E-state index < -0.39 is 46.6 Å². The Morgan fingerprint density at radius 3 is 1.25 bits per heavy atom. The second kappa shape index (κ2) is 19.5. The van der Waals surface area contributed by atoms with Crippen molar-refractivity contribution in [1.29, 1.82) is 0 Å². The zero-order chi connectivity index (χ0) is 48.8. The quantitative estimate of drug-likeness (QED) is 0.0312. The standard InChI is InChI=1S/C51H38F6N4O7/c1-30(62)31-5-3-6-32(27-31)48(66)61-44-29-39(17-26-45(44)63)60-47(65)34-8-4-7-33(28-34)46(64)59-38-15-24-43(25-16-38)68-41-20-11-36(12-21-41)49(50(52,53)54,51(55,56)57)35-9-18-40(19-10-35)67-42-22-13-37(58-2)14-23-42/h3-29,58,63H,1-2H3,(H,59,64)(H,60,65)(H,61,66). The fraction of sp³-hybridized carbons (Fsp3) is 0.0980. The molecule has 0 spiro atoms. The summed E-state index contributed by atoms with van der Waals surface area (Å²) >= 11 is 0. The highest BCUT2D eigenvalue weighted by molar-refractivity contribution is 6.10. The molecule has 0 atom stereocenters. The highest BCUT2D eigenvalue weighted by atomic mass is 19.4. The highest BCUT2D eigenvalue weighted by Crippen LogP contribution is 2.56. The maximum Gasteiger partial charge on any atom is 0.411 e. The van der Waals surface area contributed by atoms with E-state index in [1.165, 1.54) is 85.8 Å². The number of alkyl halides is 6. The molecule has 0 saturated heterocycles. The third-order valence-corrected chi connectivity index (χ3v) is 10.6. The molecular weight excluding hydrogens is 895 g/mol. The number of ketones is 1. The van der Waals surface area contributed by atoms with E-state index in [1.807, 2.05) is 0 Å². The number of amides is 3. The van der Waals surface area contributed by atoms with Crippen LogP contribution >= 0.6 is 0 Å². The number of halogens is 6. The number of Topliss-reactive ketones (excluding diaryl/α,β-unsaturated/α-hetero) is 1. The third kappa shape index (κ3) is 10.4. The van der Waals surface area contributed by atoms with Gasteiger partial charge in [0.25, 0.3) is 17.7 Å².